The smallest absolute Gasteiger partial charge is 0.228 e. The Labute approximate surface area is 83.5 Å². The molecule has 5 nitrogen and oxygen atoms in total. The van der Waals surface area contributed by atoms with Crippen LogP contribution in [0, 0.1) is 0 Å². The summed E-state index contributed by atoms with van der Waals surface area (Å²) in [4.78, 5) is 33.9. The number of likely N-dealkylation sites (N-methyl/N-ethyl adjacent to an activating group) is 1. The quantitative estimate of drug-likeness (QED) is 0.466. The van der Waals surface area contributed by atoms with Gasteiger partial charge in [-0.3, -0.25) is 19.3 Å². The van der Waals surface area contributed by atoms with Gasteiger partial charge in [0, 0.05) is 0 Å². The van der Waals surface area contributed by atoms with Gasteiger partial charge in [0.05, 0.1) is 19.6 Å². The summed E-state index contributed by atoms with van der Waals surface area (Å²) in [5.74, 6) is -0.446. The number of hydrogen-bond acceptors (Lipinski definition) is 4. The van der Waals surface area contributed by atoms with Gasteiger partial charge in [0.2, 0.25) is 5.91 Å². The van der Waals surface area contributed by atoms with E-state index in [0.717, 1.165) is 0 Å². The first-order valence-corrected chi connectivity index (χ1v) is 4.36. The predicted octanol–water partition coefficient (Wildman–Crippen LogP) is -0.440. The number of ketones is 2. The molecule has 0 aromatic rings. The maximum absolute atomic E-state index is 11.0. The molecule has 5 heteroatoms. The van der Waals surface area contributed by atoms with Crippen molar-refractivity contribution < 1.29 is 14.4 Å². The molecule has 0 aliphatic heterocycles. The molecule has 0 unspecified atom stereocenters. The van der Waals surface area contributed by atoms with Gasteiger partial charge < -0.3 is 5.32 Å². The van der Waals surface area contributed by atoms with E-state index in [1.807, 2.05) is 0 Å². The highest BCUT2D eigenvalue weighted by Gasteiger charge is 2.06. The van der Waals surface area contributed by atoms with Gasteiger partial charge in [0.25, 0.3) is 0 Å². The molecule has 1 amide bonds. The van der Waals surface area contributed by atoms with Crippen LogP contribution in [0.25, 0.3) is 0 Å². The second kappa shape index (κ2) is 6.26. The lowest BCUT2D eigenvalue weighted by molar-refractivity contribution is -0.128. The zero-order valence-electron chi connectivity index (χ0n) is 8.79. The van der Waals surface area contributed by atoms with E-state index < -0.39 is 0 Å². The molecule has 1 N–H and O–H groups in total. The number of nitrogens with zero attached hydrogens (tertiary/aromatic N) is 1. The lowest BCUT2D eigenvalue weighted by Crippen LogP contribution is -2.37. The van der Waals surface area contributed by atoms with Crippen molar-refractivity contribution in [1.29, 1.82) is 0 Å². The normalized spacial score (nSPS) is 10.0. The fourth-order valence-electron chi connectivity index (χ4n) is 0.948. The molecule has 0 aliphatic carbocycles. The molecule has 0 bridgehead atoms. The molecule has 0 aromatic carbocycles. The summed E-state index contributed by atoms with van der Waals surface area (Å²) < 4.78 is 0. The second-order valence-electron chi connectivity index (χ2n) is 3.35. The highest BCUT2D eigenvalue weighted by Crippen LogP contribution is 1.84. The third kappa shape index (κ3) is 7.42. The molecule has 0 heterocycles. The van der Waals surface area contributed by atoms with E-state index in [4.69, 9.17) is 0 Å². The summed E-state index contributed by atoms with van der Waals surface area (Å²) in [5.41, 5.74) is 0. The Bertz CT molecular complexity index is 238. The van der Waals surface area contributed by atoms with E-state index in [2.05, 4.69) is 5.32 Å². The molecule has 14 heavy (non-hydrogen) atoms. The topological polar surface area (TPSA) is 66.5 Å². The largest absolute Gasteiger partial charge is 0.343 e. The number of carbonyl (C=O) groups is 3. The Balaban J connectivity index is 3.66. The zero-order chi connectivity index (χ0) is 11.1. The summed E-state index contributed by atoms with van der Waals surface area (Å²) in [5, 5.41) is 2.53. The first-order chi connectivity index (χ1) is 6.41. The molecule has 0 spiro atoms. The number of amides is 1. The fourth-order valence-corrected chi connectivity index (χ4v) is 0.948. The van der Waals surface area contributed by atoms with E-state index in [0.29, 0.717) is 6.54 Å². The van der Waals surface area contributed by atoms with E-state index in [-0.39, 0.29) is 30.6 Å². The van der Waals surface area contributed by atoms with Gasteiger partial charge >= 0.3 is 0 Å². The third-order valence-corrected chi connectivity index (χ3v) is 1.45. The van der Waals surface area contributed by atoms with Gasteiger partial charge in [0.1, 0.15) is 11.6 Å². The van der Waals surface area contributed by atoms with Gasteiger partial charge in [-0.05, 0) is 20.9 Å². The molecule has 0 fully saturated rings. The van der Waals surface area contributed by atoms with E-state index in [1.165, 1.54) is 13.8 Å². The van der Waals surface area contributed by atoms with Crippen LogP contribution < -0.4 is 5.32 Å². The molecule has 0 aromatic heterocycles. The van der Waals surface area contributed by atoms with Crippen molar-refractivity contribution >= 4 is 17.5 Å². The molecule has 0 aliphatic rings. The van der Waals surface area contributed by atoms with Crippen LogP contribution in [0.1, 0.15) is 20.3 Å². The Kier molecular flexibility index (Phi) is 5.71. The van der Waals surface area contributed by atoms with Gasteiger partial charge in [-0.25, -0.2) is 0 Å². The Hall–Kier alpha value is -1.23. The van der Waals surface area contributed by atoms with E-state index >= 15 is 0 Å². The lowest BCUT2D eigenvalue weighted by Gasteiger charge is -2.14. The summed E-state index contributed by atoms with van der Waals surface area (Å²) in [6, 6.07) is 0. The van der Waals surface area contributed by atoms with Crippen molar-refractivity contribution in [2.24, 2.45) is 0 Å². The summed E-state index contributed by atoms with van der Waals surface area (Å²) >= 11 is 0. The molecule has 0 radical (unpaired) electrons. The van der Waals surface area contributed by atoms with E-state index in [9.17, 15) is 14.4 Å². The highest BCUT2D eigenvalue weighted by molar-refractivity contribution is 5.96. The first-order valence-electron chi connectivity index (χ1n) is 4.36. The minimum Gasteiger partial charge on any atom is -0.343 e. The Morgan fingerprint density at radius 1 is 1.14 bits per heavy atom. The minimum atomic E-state index is -0.312. The Morgan fingerprint density at radius 3 is 2.14 bits per heavy atom. The van der Waals surface area contributed by atoms with Crippen molar-refractivity contribution in [1.82, 2.24) is 10.2 Å². The minimum absolute atomic E-state index is 0.0355. The average molecular weight is 200 g/mol. The molecular weight excluding hydrogens is 184 g/mol. The van der Waals surface area contributed by atoms with Crippen molar-refractivity contribution in [2.45, 2.75) is 20.3 Å². The zero-order valence-corrected chi connectivity index (χ0v) is 8.79. The van der Waals surface area contributed by atoms with Crippen LogP contribution >= 0.6 is 0 Å². The van der Waals surface area contributed by atoms with Crippen molar-refractivity contribution in [3.63, 3.8) is 0 Å². The summed E-state index contributed by atoms with van der Waals surface area (Å²) in [6.07, 6.45) is -0.103. The van der Waals surface area contributed by atoms with Crippen molar-refractivity contribution in [2.75, 3.05) is 20.3 Å². The van der Waals surface area contributed by atoms with E-state index in [1.54, 1.807) is 11.9 Å². The highest BCUT2D eigenvalue weighted by atomic mass is 16.2. The molecule has 0 rings (SSSR count). The molecule has 0 saturated carbocycles. The van der Waals surface area contributed by atoms with Crippen molar-refractivity contribution in [3.05, 3.63) is 0 Å². The standard InChI is InChI=1S/C9H16N2O3/c1-7(12)4-9(14)10-6-11(3)5-8(2)13/h4-6H2,1-3H3,(H,10,14). The average Bonchev–Trinajstić information content (AvgIpc) is 1.98. The van der Waals surface area contributed by atoms with Gasteiger partial charge in [-0.1, -0.05) is 0 Å². The van der Waals surface area contributed by atoms with Crippen LogP contribution in [0.5, 0.6) is 0 Å². The molecule has 0 saturated heterocycles. The maximum Gasteiger partial charge on any atom is 0.228 e. The van der Waals surface area contributed by atoms with Crippen LogP contribution in [-0.4, -0.2) is 42.6 Å². The van der Waals surface area contributed by atoms with Gasteiger partial charge in [-0.15, -0.1) is 0 Å². The lowest BCUT2D eigenvalue weighted by atomic mass is 10.3. The number of rotatable bonds is 6. The van der Waals surface area contributed by atoms with Crippen LogP contribution in [0.3, 0.4) is 0 Å². The van der Waals surface area contributed by atoms with Crippen molar-refractivity contribution in [3.8, 4) is 0 Å². The number of hydrogen-bond donors (Lipinski definition) is 1. The first kappa shape index (κ1) is 12.8. The molecule has 0 atom stereocenters. The van der Waals surface area contributed by atoms with Gasteiger partial charge in [-0.2, -0.15) is 0 Å². The monoisotopic (exact) mass is 200 g/mol. The predicted molar refractivity (Wildman–Crippen MR) is 51.6 cm³/mol. The number of nitrogens with one attached hydrogen (secondary N) is 1. The van der Waals surface area contributed by atoms with Crippen LogP contribution in [0.2, 0.25) is 0 Å². The SMILES string of the molecule is CC(=O)CC(=O)NCN(C)CC(C)=O. The van der Waals surface area contributed by atoms with Crippen LogP contribution in [0.15, 0.2) is 0 Å². The number of Topliss-reactive ketones (excluding diaryl/α,β-unsaturated/α-hetero) is 2. The molecular formula is C9H16N2O3. The summed E-state index contributed by atoms with van der Waals surface area (Å²) in [7, 11) is 1.72. The second-order valence-corrected chi connectivity index (χ2v) is 3.35. The Morgan fingerprint density at radius 2 is 1.71 bits per heavy atom. The third-order valence-electron chi connectivity index (χ3n) is 1.45. The van der Waals surface area contributed by atoms with Crippen LogP contribution in [-0.2, 0) is 14.4 Å². The maximum atomic E-state index is 11.0. The summed E-state index contributed by atoms with van der Waals surface area (Å²) in [6.45, 7) is 3.42. The van der Waals surface area contributed by atoms with Gasteiger partial charge in [0.15, 0.2) is 0 Å². The fraction of sp³-hybridized carbons (Fsp3) is 0.667. The molecule has 80 valence electrons. The number of carbonyl (C=O) groups excluding carboxylic acids is 3. The van der Waals surface area contributed by atoms with Crippen LogP contribution in [0.4, 0.5) is 0 Å².